The predicted molar refractivity (Wildman–Crippen MR) is 242 cm³/mol. The molecule has 0 aromatic heterocycles. The number of ether oxygens (including phenoxy) is 4. The van der Waals surface area contributed by atoms with Gasteiger partial charge in [-0.05, 0) is 51.4 Å². The lowest BCUT2D eigenvalue weighted by Gasteiger charge is -2.26. The number of carboxylic acid groups (broad SMARTS) is 1. The lowest BCUT2D eigenvalue weighted by molar-refractivity contribution is -0.870. The second-order valence-electron chi connectivity index (χ2n) is 17.0. The van der Waals surface area contributed by atoms with Crippen molar-refractivity contribution in [3.05, 3.63) is 48.6 Å². The lowest BCUT2D eigenvalue weighted by atomic mass is 10.0. The Morgan fingerprint density at radius 1 is 0.525 bits per heavy atom. The van der Waals surface area contributed by atoms with Crippen LogP contribution in [0, 0.1) is 0 Å². The smallest absolute Gasteiger partial charge is 0.306 e. The first-order valence-electron chi connectivity index (χ1n) is 23.8. The number of allylic oxidation sites excluding steroid dienone is 8. The third kappa shape index (κ3) is 43.2. The van der Waals surface area contributed by atoms with Crippen LogP contribution in [0.5, 0.6) is 0 Å². The molecule has 0 fully saturated rings. The zero-order chi connectivity index (χ0) is 43.5. The molecule has 9 heteroatoms. The van der Waals surface area contributed by atoms with E-state index in [9.17, 15) is 19.5 Å². The van der Waals surface area contributed by atoms with Crippen molar-refractivity contribution in [3.63, 3.8) is 0 Å². The third-order valence-corrected chi connectivity index (χ3v) is 10.1. The number of esters is 2. The maximum Gasteiger partial charge on any atom is 0.306 e. The Kier molecular flexibility index (Phi) is 40.0. The summed E-state index contributed by atoms with van der Waals surface area (Å²) >= 11 is 0. The topological polar surface area (TPSA) is 111 Å². The van der Waals surface area contributed by atoms with Crippen LogP contribution >= 0.6 is 0 Å². The molecular weight excluding hydrogens is 743 g/mol. The van der Waals surface area contributed by atoms with Gasteiger partial charge in [0, 0.05) is 12.8 Å². The minimum Gasteiger partial charge on any atom is -0.545 e. The molecule has 0 spiro atoms. The van der Waals surface area contributed by atoms with Crippen LogP contribution < -0.4 is 5.11 Å². The van der Waals surface area contributed by atoms with Crippen LogP contribution in [-0.2, 0) is 33.3 Å². The van der Waals surface area contributed by atoms with Crippen molar-refractivity contribution < 1.29 is 42.9 Å². The van der Waals surface area contributed by atoms with E-state index in [0.717, 1.165) is 70.6 Å². The van der Waals surface area contributed by atoms with Gasteiger partial charge in [-0.25, -0.2) is 0 Å². The monoisotopic (exact) mass is 832 g/mol. The van der Waals surface area contributed by atoms with Crippen LogP contribution in [0.25, 0.3) is 0 Å². The maximum absolute atomic E-state index is 12.8. The molecule has 0 radical (unpaired) electrons. The molecule has 0 bridgehead atoms. The molecule has 0 amide bonds. The van der Waals surface area contributed by atoms with E-state index in [1.54, 1.807) is 0 Å². The van der Waals surface area contributed by atoms with Gasteiger partial charge in [-0.1, -0.05) is 178 Å². The summed E-state index contributed by atoms with van der Waals surface area (Å²) < 4.78 is 22.6. The van der Waals surface area contributed by atoms with Gasteiger partial charge in [0.25, 0.3) is 0 Å². The SMILES string of the molecule is CC/C=C\C/C=C\C/C=C\C/C=C\CCCCCCCCCCCCC(=O)OC(COC(=O)CCCCCCCCCCCCC)COC(OCC[N+](C)(C)C)C(=O)[O-]. The second-order valence-corrected chi connectivity index (χ2v) is 17.0. The fourth-order valence-electron chi connectivity index (χ4n) is 6.41. The van der Waals surface area contributed by atoms with Gasteiger partial charge >= 0.3 is 11.9 Å². The van der Waals surface area contributed by atoms with E-state index >= 15 is 0 Å². The number of quaternary nitrogens is 1. The average molecular weight is 832 g/mol. The van der Waals surface area contributed by atoms with Crippen molar-refractivity contribution in [1.82, 2.24) is 0 Å². The number of carbonyl (C=O) groups excluding carboxylic acids is 3. The Labute approximate surface area is 362 Å². The highest BCUT2D eigenvalue weighted by Crippen LogP contribution is 2.15. The van der Waals surface area contributed by atoms with Crippen molar-refractivity contribution in [1.29, 1.82) is 0 Å². The molecule has 9 nitrogen and oxygen atoms in total. The average Bonchev–Trinajstić information content (AvgIpc) is 3.19. The zero-order valence-corrected chi connectivity index (χ0v) is 38.6. The van der Waals surface area contributed by atoms with Crippen LogP contribution in [0.3, 0.4) is 0 Å². The first kappa shape index (κ1) is 56.2. The normalized spacial score (nSPS) is 13.3. The van der Waals surface area contributed by atoms with Crippen LogP contribution in [0.1, 0.15) is 194 Å². The molecule has 0 aromatic rings. The van der Waals surface area contributed by atoms with Crippen LogP contribution in [0.2, 0.25) is 0 Å². The second kappa shape index (κ2) is 42.0. The molecular formula is C50H89NO8. The van der Waals surface area contributed by atoms with Gasteiger partial charge in [0.1, 0.15) is 13.2 Å². The Balaban J connectivity index is 4.32. The standard InChI is InChI=1S/C50H89NO8/c1-6-8-10-12-14-16-18-19-20-21-22-23-24-25-26-27-28-29-31-33-35-37-39-41-48(53)59-46(45-58-50(49(54)55)56-43-42-51(3,4)5)44-57-47(52)40-38-36-34-32-30-17-15-13-11-9-7-2/h8,10,14,16,19-20,22-23,46,50H,6-7,9,11-13,15,17-18,21,24-45H2,1-5H3/b10-8-,16-14-,20-19-,23-22-. The molecule has 0 rings (SSSR count). The molecule has 2 unspecified atom stereocenters. The molecule has 59 heavy (non-hydrogen) atoms. The largest absolute Gasteiger partial charge is 0.545 e. The van der Waals surface area contributed by atoms with E-state index in [0.29, 0.717) is 23.9 Å². The van der Waals surface area contributed by atoms with Crippen molar-refractivity contribution >= 4 is 17.9 Å². The van der Waals surface area contributed by atoms with E-state index < -0.39 is 24.3 Å². The van der Waals surface area contributed by atoms with Gasteiger partial charge < -0.3 is 33.3 Å². The summed E-state index contributed by atoms with van der Waals surface area (Å²) in [6.07, 6.45) is 45.7. The first-order chi connectivity index (χ1) is 28.6. The quantitative estimate of drug-likeness (QED) is 0.0196. The fourth-order valence-corrected chi connectivity index (χ4v) is 6.41. The maximum atomic E-state index is 12.8. The van der Waals surface area contributed by atoms with Gasteiger partial charge in [0.05, 0.1) is 40.3 Å². The predicted octanol–water partition coefficient (Wildman–Crippen LogP) is 11.4. The molecule has 0 aliphatic carbocycles. The highest BCUT2D eigenvalue weighted by molar-refractivity contribution is 5.70. The third-order valence-electron chi connectivity index (χ3n) is 10.1. The summed E-state index contributed by atoms with van der Waals surface area (Å²) in [7, 11) is 5.91. The summed E-state index contributed by atoms with van der Waals surface area (Å²) in [5, 5.41) is 11.7. The number of hydrogen-bond donors (Lipinski definition) is 0. The molecule has 0 aromatic carbocycles. The van der Waals surface area contributed by atoms with Crippen molar-refractivity contribution in [2.24, 2.45) is 0 Å². The number of likely N-dealkylation sites (N-methyl/N-ethyl adjacent to an activating group) is 1. The molecule has 342 valence electrons. The summed E-state index contributed by atoms with van der Waals surface area (Å²) in [4.78, 5) is 37.0. The molecule has 0 aliphatic rings. The van der Waals surface area contributed by atoms with Gasteiger partial charge in [0.15, 0.2) is 12.4 Å². The number of nitrogens with zero attached hydrogens (tertiary/aromatic N) is 1. The molecule has 0 N–H and O–H groups in total. The van der Waals surface area contributed by atoms with Crippen LogP contribution in [0.4, 0.5) is 0 Å². The number of carbonyl (C=O) groups is 3. The van der Waals surface area contributed by atoms with E-state index in [4.69, 9.17) is 18.9 Å². The molecule has 0 saturated heterocycles. The molecule has 0 heterocycles. The molecule has 2 atom stereocenters. The minimum atomic E-state index is -1.62. The Morgan fingerprint density at radius 2 is 0.966 bits per heavy atom. The van der Waals surface area contributed by atoms with Crippen molar-refractivity contribution in [3.8, 4) is 0 Å². The highest BCUT2D eigenvalue weighted by atomic mass is 16.7. The number of unbranched alkanes of at least 4 members (excludes halogenated alkanes) is 20. The summed E-state index contributed by atoms with van der Waals surface area (Å²) in [6.45, 7) is 4.61. The van der Waals surface area contributed by atoms with Gasteiger partial charge in [-0.2, -0.15) is 0 Å². The number of aliphatic carboxylic acids is 1. The van der Waals surface area contributed by atoms with Crippen molar-refractivity contribution in [2.75, 3.05) is 47.5 Å². The van der Waals surface area contributed by atoms with Gasteiger partial charge in [0.2, 0.25) is 0 Å². The fraction of sp³-hybridized carbons (Fsp3) is 0.780. The number of hydrogen-bond acceptors (Lipinski definition) is 8. The number of rotatable bonds is 43. The van der Waals surface area contributed by atoms with E-state index in [1.165, 1.54) is 89.9 Å². The Morgan fingerprint density at radius 3 is 1.44 bits per heavy atom. The minimum absolute atomic E-state index is 0.147. The number of carboxylic acids is 1. The van der Waals surface area contributed by atoms with E-state index in [-0.39, 0.29) is 32.2 Å². The van der Waals surface area contributed by atoms with Crippen molar-refractivity contribution in [2.45, 2.75) is 206 Å². The molecule has 0 aliphatic heterocycles. The molecule has 0 saturated carbocycles. The van der Waals surface area contributed by atoms with Gasteiger partial charge in [-0.3, -0.25) is 9.59 Å². The van der Waals surface area contributed by atoms with Gasteiger partial charge in [-0.15, -0.1) is 0 Å². The zero-order valence-electron chi connectivity index (χ0n) is 38.6. The Bertz CT molecular complexity index is 1110. The summed E-state index contributed by atoms with van der Waals surface area (Å²) in [5.41, 5.74) is 0. The Hall–Kier alpha value is -2.75. The summed E-state index contributed by atoms with van der Waals surface area (Å²) in [6, 6.07) is 0. The van der Waals surface area contributed by atoms with E-state index in [1.807, 2.05) is 21.1 Å². The lowest BCUT2D eigenvalue weighted by Crippen LogP contribution is -2.44. The highest BCUT2D eigenvalue weighted by Gasteiger charge is 2.21. The first-order valence-corrected chi connectivity index (χ1v) is 23.8. The van der Waals surface area contributed by atoms with Crippen LogP contribution in [0.15, 0.2) is 48.6 Å². The van der Waals surface area contributed by atoms with Crippen LogP contribution in [-0.4, -0.2) is 82.3 Å². The summed E-state index contributed by atoms with van der Waals surface area (Å²) in [5.74, 6) is -2.29. The van der Waals surface area contributed by atoms with E-state index in [2.05, 4.69) is 62.5 Å².